The highest BCUT2D eigenvalue weighted by Crippen LogP contribution is 2.30. The molecule has 0 radical (unpaired) electrons. The molecule has 182 valence electrons. The molecule has 2 heterocycles. The summed E-state index contributed by atoms with van der Waals surface area (Å²) < 4.78 is 26.6. The van der Waals surface area contributed by atoms with Crippen LogP contribution in [-0.4, -0.2) is 81.8 Å². The lowest BCUT2D eigenvalue weighted by atomic mass is 10.1. The zero-order chi connectivity index (χ0) is 24.5. The van der Waals surface area contributed by atoms with Crippen LogP contribution >= 0.6 is 0 Å². The summed E-state index contributed by atoms with van der Waals surface area (Å²) in [5.41, 5.74) is 1.94. The maximum atomic E-state index is 13.6. The van der Waals surface area contributed by atoms with Crippen LogP contribution in [0.15, 0.2) is 47.4 Å². The van der Waals surface area contributed by atoms with Crippen molar-refractivity contribution in [2.75, 3.05) is 63.2 Å². The molecule has 11 heteroatoms. The van der Waals surface area contributed by atoms with Gasteiger partial charge in [0.25, 0.3) is 11.6 Å². The number of nitrogens with zero attached hydrogens (tertiary/aromatic N) is 5. The van der Waals surface area contributed by atoms with Crippen LogP contribution in [0.3, 0.4) is 0 Å². The van der Waals surface area contributed by atoms with Crippen LogP contribution in [0.1, 0.15) is 23.2 Å². The third-order valence-corrected chi connectivity index (χ3v) is 8.21. The number of hydrogen-bond acceptors (Lipinski definition) is 7. The Labute approximate surface area is 199 Å². The summed E-state index contributed by atoms with van der Waals surface area (Å²) in [5, 5.41) is 11.1. The third kappa shape index (κ3) is 4.71. The highest BCUT2D eigenvalue weighted by atomic mass is 32.2. The first-order valence-corrected chi connectivity index (χ1v) is 12.7. The van der Waals surface area contributed by atoms with Crippen LogP contribution < -0.4 is 9.80 Å². The van der Waals surface area contributed by atoms with Gasteiger partial charge in [-0.1, -0.05) is 6.07 Å². The van der Waals surface area contributed by atoms with E-state index in [0.29, 0.717) is 31.7 Å². The number of rotatable bonds is 6. The average molecular weight is 488 g/mol. The number of amides is 1. The van der Waals surface area contributed by atoms with Crippen molar-refractivity contribution in [3.05, 3.63) is 58.1 Å². The van der Waals surface area contributed by atoms with Crippen molar-refractivity contribution >= 4 is 33.0 Å². The molecule has 0 N–H and O–H groups in total. The summed E-state index contributed by atoms with van der Waals surface area (Å²) in [7, 11) is -0.738. The van der Waals surface area contributed by atoms with Crippen molar-refractivity contribution in [3.8, 4) is 0 Å². The van der Waals surface area contributed by atoms with Gasteiger partial charge in [-0.25, -0.2) is 12.7 Å². The number of nitro groups is 1. The van der Waals surface area contributed by atoms with Crippen LogP contribution in [0.25, 0.3) is 0 Å². The number of carbonyl (C=O) groups excluding carboxylic acids is 1. The van der Waals surface area contributed by atoms with Gasteiger partial charge in [-0.3, -0.25) is 14.9 Å². The molecule has 2 aliphatic heterocycles. The largest absolute Gasteiger partial charge is 0.371 e. The Morgan fingerprint density at radius 3 is 2.24 bits per heavy atom. The monoisotopic (exact) mass is 487 g/mol. The number of carbonyl (C=O) groups is 1. The van der Waals surface area contributed by atoms with Gasteiger partial charge >= 0.3 is 0 Å². The Bertz CT molecular complexity index is 1190. The second kappa shape index (κ2) is 9.59. The second-order valence-electron chi connectivity index (χ2n) is 8.72. The van der Waals surface area contributed by atoms with Gasteiger partial charge in [-0.2, -0.15) is 0 Å². The first-order valence-electron chi connectivity index (χ1n) is 11.3. The summed E-state index contributed by atoms with van der Waals surface area (Å²) in [5.74, 6) is -0.198. The maximum absolute atomic E-state index is 13.6. The fourth-order valence-electron chi connectivity index (χ4n) is 4.43. The smallest absolute Gasteiger partial charge is 0.271 e. The summed E-state index contributed by atoms with van der Waals surface area (Å²) in [6.07, 6.45) is 2.07. The number of sulfonamides is 1. The maximum Gasteiger partial charge on any atom is 0.271 e. The Morgan fingerprint density at radius 2 is 1.62 bits per heavy atom. The lowest BCUT2D eigenvalue weighted by Crippen LogP contribution is -2.49. The molecular formula is C23H29N5O5S. The molecular weight excluding hydrogens is 458 g/mol. The van der Waals surface area contributed by atoms with Gasteiger partial charge in [0.1, 0.15) is 0 Å². The summed E-state index contributed by atoms with van der Waals surface area (Å²) in [4.78, 5) is 30.3. The molecule has 2 aliphatic rings. The summed E-state index contributed by atoms with van der Waals surface area (Å²) >= 11 is 0. The van der Waals surface area contributed by atoms with Crippen molar-refractivity contribution in [1.82, 2.24) is 9.21 Å². The molecule has 0 saturated carbocycles. The predicted octanol–water partition coefficient (Wildman–Crippen LogP) is 2.41. The van der Waals surface area contributed by atoms with E-state index >= 15 is 0 Å². The van der Waals surface area contributed by atoms with E-state index in [2.05, 4.69) is 4.90 Å². The molecule has 2 aromatic carbocycles. The Hall–Kier alpha value is -3.18. The highest BCUT2D eigenvalue weighted by Gasteiger charge is 2.29. The number of nitro benzene ring substituents is 1. The molecule has 2 saturated heterocycles. The number of non-ortho nitro benzene ring substituents is 1. The lowest BCUT2D eigenvalue weighted by Gasteiger charge is -2.36. The molecule has 0 atom stereocenters. The summed E-state index contributed by atoms with van der Waals surface area (Å²) in [6.45, 7) is 3.60. The van der Waals surface area contributed by atoms with Gasteiger partial charge in [-0.15, -0.1) is 0 Å². The van der Waals surface area contributed by atoms with Gasteiger partial charge < -0.3 is 14.7 Å². The minimum Gasteiger partial charge on any atom is -0.371 e. The second-order valence-corrected chi connectivity index (χ2v) is 10.9. The van der Waals surface area contributed by atoms with Gasteiger partial charge in [-0.05, 0) is 37.1 Å². The minimum absolute atomic E-state index is 0.0326. The molecule has 2 fully saturated rings. The Kier molecular flexibility index (Phi) is 6.76. The first-order chi connectivity index (χ1) is 16.2. The number of benzene rings is 2. The Morgan fingerprint density at radius 1 is 0.941 bits per heavy atom. The quantitative estimate of drug-likeness (QED) is 0.455. The zero-order valence-corrected chi connectivity index (χ0v) is 20.2. The van der Waals surface area contributed by atoms with Crippen molar-refractivity contribution in [3.63, 3.8) is 0 Å². The van der Waals surface area contributed by atoms with Crippen LogP contribution in [0.4, 0.5) is 17.1 Å². The normalized spacial score (nSPS) is 16.9. The minimum atomic E-state index is -3.68. The molecule has 34 heavy (non-hydrogen) atoms. The van der Waals surface area contributed by atoms with Crippen LogP contribution in [0.2, 0.25) is 0 Å². The van der Waals surface area contributed by atoms with Crippen molar-refractivity contribution in [2.45, 2.75) is 17.7 Å². The third-order valence-electron chi connectivity index (χ3n) is 6.40. The number of hydrogen-bond donors (Lipinski definition) is 0. The van der Waals surface area contributed by atoms with Crippen LogP contribution in [0.5, 0.6) is 0 Å². The SMILES string of the molecule is CN(C)S(=O)(=O)c1ccc(N2CCCC2)c(C(=O)N2CCN(c3cccc([N+](=O)[O-])c3)CC2)c1. The average Bonchev–Trinajstić information content (AvgIpc) is 3.38. The van der Waals surface area contributed by atoms with E-state index in [9.17, 15) is 23.3 Å². The van der Waals surface area contributed by atoms with E-state index in [1.807, 2.05) is 11.0 Å². The Balaban J connectivity index is 1.57. The van der Waals surface area contributed by atoms with E-state index in [4.69, 9.17) is 0 Å². The number of piperazine rings is 1. The number of anilines is 2. The zero-order valence-electron chi connectivity index (χ0n) is 19.4. The van der Waals surface area contributed by atoms with Crippen LogP contribution in [0, 0.1) is 10.1 Å². The topological polar surface area (TPSA) is 107 Å². The summed E-state index contributed by atoms with van der Waals surface area (Å²) in [6, 6.07) is 11.3. The van der Waals surface area contributed by atoms with E-state index in [1.165, 1.54) is 26.2 Å². The van der Waals surface area contributed by atoms with Crippen LogP contribution in [-0.2, 0) is 10.0 Å². The van der Waals surface area contributed by atoms with Gasteiger partial charge in [0.15, 0.2) is 0 Å². The molecule has 0 unspecified atom stereocenters. The van der Waals surface area contributed by atoms with Crippen molar-refractivity contribution in [2.24, 2.45) is 0 Å². The van der Waals surface area contributed by atoms with E-state index in [0.717, 1.165) is 41.6 Å². The highest BCUT2D eigenvalue weighted by molar-refractivity contribution is 7.89. The van der Waals surface area contributed by atoms with Crippen molar-refractivity contribution in [1.29, 1.82) is 0 Å². The van der Waals surface area contributed by atoms with E-state index in [1.54, 1.807) is 29.2 Å². The molecule has 0 spiro atoms. The molecule has 0 aliphatic carbocycles. The predicted molar refractivity (Wildman–Crippen MR) is 130 cm³/mol. The molecule has 4 rings (SSSR count). The molecule has 1 amide bonds. The van der Waals surface area contributed by atoms with Gasteiger partial charge in [0, 0.05) is 76.9 Å². The molecule has 0 aromatic heterocycles. The molecule has 0 bridgehead atoms. The standard InChI is InChI=1S/C23H29N5O5S/c1-24(2)34(32,33)20-8-9-22(26-10-3-4-11-26)21(17-20)23(29)27-14-12-25(13-15-27)18-6-5-7-19(16-18)28(30)31/h5-9,16-17H,3-4,10-15H2,1-2H3. The van der Waals surface area contributed by atoms with E-state index in [-0.39, 0.29) is 16.5 Å². The van der Waals surface area contributed by atoms with E-state index < -0.39 is 14.9 Å². The van der Waals surface area contributed by atoms with Gasteiger partial charge in [0.05, 0.1) is 15.4 Å². The molecule has 2 aromatic rings. The first kappa shape index (κ1) is 24.0. The molecule has 10 nitrogen and oxygen atoms in total. The van der Waals surface area contributed by atoms with Gasteiger partial charge in [0.2, 0.25) is 10.0 Å². The fourth-order valence-corrected chi connectivity index (χ4v) is 5.36. The van der Waals surface area contributed by atoms with Crippen molar-refractivity contribution < 1.29 is 18.1 Å². The lowest BCUT2D eigenvalue weighted by molar-refractivity contribution is -0.384. The fraction of sp³-hybridized carbons (Fsp3) is 0.435.